The Bertz CT molecular complexity index is 1480. The number of hydrogen-bond acceptors (Lipinski definition) is 6. The first-order valence-corrected chi connectivity index (χ1v) is 12.0. The van der Waals surface area contributed by atoms with Crippen LogP contribution < -0.4 is 5.63 Å². The monoisotopic (exact) mass is 450 g/mol. The minimum Gasteiger partial charge on any atom is -0.507 e. The number of aryl methyl sites for hydroxylation is 1. The second-order valence-corrected chi connectivity index (χ2v) is 10.3. The maximum atomic E-state index is 12.9. The molecule has 4 aromatic rings. The molecule has 1 saturated carbocycles. The fourth-order valence-corrected chi connectivity index (χ4v) is 5.55. The number of nitrogens with zero attached hydrogens (tertiary/aromatic N) is 2. The summed E-state index contributed by atoms with van der Waals surface area (Å²) < 4.78 is 32.7. The molecule has 32 heavy (non-hydrogen) atoms. The van der Waals surface area contributed by atoms with Crippen LogP contribution in [-0.2, 0) is 22.6 Å². The van der Waals surface area contributed by atoms with E-state index in [2.05, 4.69) is 4.98 Å². The number of benzene rings is 2. The smallest absolute Gasteiger partial charge is 0.343 e. The van der Waals surface area contributed by atoms with E-state index in [-0.39, 0.29) is 33.9 Å². The maximum Gasteiger partial charge on any atom is 0.343 e. The molecule has 2 aromatic carbocycles. The van der Waals surface area contributed by atoms with Gasteiger partial charge in [0.2, 0.25) is 9.84 Å². The van der Waals surface area contributed by atoms with Crippen LogP contribution in [0.4, 0.5) is 0 Å². The number of rotatable bonds is 6. The molecule has 1 N–H and O–H groups in total. The van der Waals surface area contributed by atoms with Gasteiger partial charge in [0.05, 0.1) is 23.0 Å². The summed E-state index contributed by atoms with van der Waals surface area (Å²) in [6, 6.07) is 14.1. The van der Waals surface area contributed by atoms with Gasteiger partial charge < -0.3 is 14.1 Å². The van der Waals surface area contributed by atoms with Crippen molar-refractivity contribution in [2.45, 2.75) is 29.5 Å². The summed E-state index contributed by atoms with van der Waals surface area (Å²) in [6.45, 7) is 0. The van der Waals surface area contributed by atoms with Gasteiger partial charge >= 0.3 is 5.63 Å². The van der Waals surface area contributed by atoms with Gasteiger partial charge in [0.1, 0.15) is 11.3 Å². The van der Waals surface area contributed by atoms with E-state index in [0.717, 1.165) is 18.4 Å². The van der Waals surface area contributed by atoms with Crippen LogP contribution in [0.1, 0.15) is 35.4 Å². The Morgan fingerprint density at radius 1 is 1.19 bits per heavy atom. The molecule has 0 aliphatic heterocycles. The molecule has 0 radical (unpaired) electrons. The molecule has 1 atom stereocenters. The van der Waals surface area contributed by atoms with Crippen LogP contribution in [-0.4, -0.2) is 23.1 Å². The van der Waals surface area contributed by atoms with Crippen molar-refractivity contribution >= 4 is 20.8 Å². The van der Waals surface area contributed by atoms with Crippen LogP contribution in [0.2, 0.25) is 0 Å². The van der Waals surface area contributed by atoms with Crippen LogP contribution in [0.3, 0.4) is 0 Å². The molecular weight excluding hydrogens is 428 g/mol. The van der Waals surface area contributed by atoms with E-state index in [1.54, 1.807) is 54.1 Å². The number of aromatic hydroxyl groups is 1. The topological polar surface area (TPSA) is 102 Å². The van der Waals surface area contributed by atoms with E-state index in [1.165, 1.54) is 12.5 Å². The highest BCUT2D eigenvalue weighted by Gasteiger charge is 2.38. The highest BCUT2D eigenvalue weighted by molar-refractivity contribution is 7.90. The summed E-state index contributed by atoms with van der Waals surface area (Å²) in [5, 5.41) is 11.5. The fraction of sp³-hybridized carbons (Fsp3) is 0.250. The summed E-state index contributed by atoms with van der Waals surface area (Å²) in [7, 11) is -1.89. The molecule has 5 rings (SSSR count). The number of aromatic nitrogens is 2. The first-order chi connectivity index (χ1) is 15.3. The van der Waals surface area contributed by atoms with Crippen molar-refractivity contribution in [3.8, 4) is 5.75 Å². The molecule has 1 aliphatic rings. The summed E-state index contributed by atoms with van der Waals surface area (Å²) in [4.78, 5) is 16.8. The Hall–Kier alpha value is -3.39. The van der Waals surface area contributed by atoms with Gasteiger partial charge in [0, 0.05) is 19.2 Å². The van der Waals surface area contributed by atoms with E-state index in [1.807, 2.05) is 6.07 Å². The first-order valence-electron chi connectivity index (χ1n) is 10.4. The second-order valence-electron chi connectivity index (χ2n) is 8.34. The summed E-state index contributed by atoms with van der Waals surface area (Å²) in [5.74, 6) is -0.450. The van der Waals surface area contributed by atoms with Gasteiger partial charge in [-0.3, -0.25) is 0 Å². The summed E-state index contributed by atoms with van der Waals surface area (Å²) >= 11 is 0. The normalized spacial score (nSPS) is 15.2. The molecule has 0 spiro atoms. The molecule has 0 amide bonds. The molecule has 2 aromatic heterocycles. The second kappa shape index (κ2) is 7.63. The average molecular weight is 451 g/mol. The minimum absolute atomic E-state index is 0.0250. The Morgan fingerprint density at radius 3 is 2.69 bits per heavy atom. The van der Waals surface area contributed by atoms with E-state index in [0.29, 0.717) is 16.5 Å². The molecular formula is C24H22N2O5S. The molecule has 0 bridgehead atoms. The Balaban J connectivity index is 1.57. The van der Waals surface area contributed by atoms with Crippen LogP contribution in [0.15, 0.2) is 75.3 Å². The van der Waals surface area contributed by atoms with Crippen molar-refractivity contribution in [2.75, 3.05) is 0 Å². The molecule has 164 valence electrons. The van der Waals surface area contributed by atoms with Crippen LogP contribution in [0, 0.1) is 5.92 Å². The quantitative estimate of drug-likeness (QED) is 0.449. The van der Waals surface area contributed by atoms with Gasteiger partial charge in [-0.2, -0.15) is 0 Å². The van der Waals surface area contributed by atoms with Crippen LogP contribution in [0.25, 0.3) is 11.0 Å². The van der Waals surface area contributed by atoms with Crippen molar-refractivity contribution < 1.29 is 17.9 Å². The summed E-state index contributed by atoms with van der Waals surface area (Å²) in [5.41, 5.74) is 1.40. The molecule has 8 heteroatoms. The zero-order valence-electron chi connectivity index (χ0n) is 17.4. The van der Waals surface area contributed by atoms with E-state index in [9.17, 15) is 18.3 Å². The Labute approximate surface area is 184 Å². The minimum atomic E-state index is -3.61. The van der Waals surface area contributed by atoms with Crippen molar-refractivity contribution in [3.05, 3.63) is 88.2 Å². The van der Waals surface area contributed by atoms with Crippen molar-refractivity contribution in [1.29, 1.82) is 0 Å². The third-order valence-corrected chi connectivity index (χ3v) is 7.45. The number of sulfone groups is 1. The number of hydrogen-bond donors (Lipinski definition) is 1. The van der Waals surface area contributed by atoms with Gasteiger partial charge in [0.15, 0.2) is 5.03 Å². The summed E-state index contributed by atoms with van der Waals surface area (Å²) in [6.07, 6.45) is 4.78. The SMILES string of the molecule is Cn1cnc(S(=O)(=O)Cc2cccc(C(c3c(O)c4ccccc4oc3=O)C3CC3)c2)c1. The molecule has 7 nitrogen and oxygen atoms in total. The van der Waals surface area contributed by atoms with Crippen molar-refractivity contribution in [1.82, 2.24) is 9.55 Å². The number of fused-ring (bicyclic) bond motifs is 1. The average Bonchev–Trinajstić information content (AvgIpc) is 3.49. The van der Waals surface area contributed by atoms with Crippen LogP contribution in [0.5, 0.6) is 5.75 Å². The van der Waals surface area contributed by atoms with E-state index < -0.39 is 15.5 Å². The van der Waals surface area contributed by atoms with E-state index >= 15 is 0 Å². The third kappa shape index (κ3) is 3.71. The standard InChI is InChI=1S/C24H22N2O5S/c1-26-12-20(25-14-26)32(29,30)13-15-5-4-6-17(11-15)21(16-9-10-16)22-23(27)18-7-2-3-8-19(18)31-24(22)28/h2-8,11-12,14,16,21,27H,9-10,13H2,1H3. The Morgan fingerprint density at radius 2 is 1.97 bits per heavy atom. The zero-order valence-corrected chi connectivity index (χ0v) is 18.2. The van der Waals surface area contributed by atoms with Gasteiger partial charge in [-0.1, -0.05) is 36.4 Å². The lowest BCUT2D eigenvalue weighted by molar-refractivity contribution is 0.446. The predicted molar refractivity (Wildman–Crippen MR) is 119 cm³/mol. The number of para-hydroxylation sites is 1. The maximum absolute atomic E-state index is 12.9. The van der Waals surface area contributed by atoms with Gasteiger partial charge in [-0.05, 0) is 42.0 Å². The molecule has 1 aliphatic carbocycles. The van der Waals surface area contributed by atoms with E-state index in [4.69, 9.17) is 4.42 Å². The van der Waals surface area contributed by atoms with Crippen molar-refractivity contribution in [2.24, 2.45) is 13.0 Å². The van der Waals surface area contributed by atoms with Crippen LogP contribution >= 0.6 is 0 Å². The highest BCUT2D eigenvalue weighted by atomic mass is 32.2. The van der Waals surface area contributed by atoms with Gasteiger partial charge in [-0.15, -0.1) is 0 Å². The predicted octanol–water partition coefficient (Wildman–Crippen LogP) is 3.75. The number of imidazole rings is 1. The lowest BCUT2D eigenvalue weighted by Crippen LogP contribution is -2.16. The van der Waals surface area contributed by atoms with Gasteiger partial charge in [-0.25, -0.2) is 18.2 Å². The Kier molecular flexibility index (Phi) is 4.89. The molecule has 2 heterocycles. The molecule has 1 fully saturated rings. The van der Waals surface area contributed by atoms with Crippen molar-refractivity contribution in [3.63, 3.8) is 0 Å². The molecule has 0 saturated heterocycles. The third-order valence-electron chi connectivity index (χ3n) is 5.89. The van der Waals surface area contributed by atoms with Gasteiger partial charge in [0.25, 0.3) is 0 Å². The molecule has 1 unspecified atom stereocenters. The lowest BCUT2D eigenvalue weighted by Gasteiger charge is -2.19. The fourth-order valence-electron chi connectivity index (χ4n) is 4.25. The highest BCUT2D eigenvalue weighted by Crippen LogP contribution is 2.48. The largest absolute Gasteiger partial charge is 0.507 e. The first kappa shape index (κ1) is 20.5. The lowest BCUT2D eigenvalue weighted by atomic mass is 9.86. The zero-order chi connectivity index (χ0) is 22.5.